The van der Waals surface area contributed by atoms with Crippen molar-refractivity contribution in [1.82, 2.24) is 0 Å². The van der Waals surface area contributed by atoms with Crippen molar-refractivity contribution in [3.63, 3.8) is 0 Å². The van der Waals surface area contributed by atoms with Crippen LogP contribution in [0.1, 0.15) is 6.42 Å². The summed E-state index contributed by atoms with van der Waals surface area (Å²) in [5.41, 5.74) is 0. The summed E-state index contributed by atoms with van der Waals surface area (Å²) in [5, 5.41) is 8.26. The highest BCUT2D eigenvalue weighted by Crippen LogP contribution is 1.95. The zero-order chi connectivity index (χ0) is 7.28. The summed E-state index contributed by atoms with van der Waals surface area (Å²) >= 11 is 0. The summed E-state index contributed by atoms with van der Waals surface area (Å²) in [7, 11) is 1.37. The van der Waals surface area contributed by atoms with Gasteiger partial charge in [-0.1, -0.05) is 6.58 Å². The van der Waals surface area contributed by atoms with Crippen LogP contribution >= 0.6 is 0 Å². The molecule has 0 amide bonds. The van der Waals surface area contributed by atoms with E-state index in [1.54, 1.807) is 0 Å². The Balaban J connectivity index is 3.60. The average molecular weight is 130 g/mol. The lowest BCUT2D eigenvalue weighted by Crippen LogP contribution is -2.04. The minimum Gasteiger partial charge on any atom is -0.494 e. The van der Waals surface area contributed by atoms with Crippen LogP contribution in [0.4, 0.5) is 0 Å². The molecule has 0 aromatic heterocycles. The third-order valence-electron chi connectivity index (χ3n) is 0.896. The van der Waals surface area contributed by atoms with Gasteiger partial charge in [0.1, 0.15) is 0 Å². The smallest absolute Gasteiger partial charge is 0.199 e. The van der Waals surface area contributed by atoms with Gasteiger partial charge in [0.25, 0.3) is 0 Å². The number of carbonyl (C=O) groups is 1. The molecule has 0 atom stereocenters. The van der Waals surface area contributed by atoms with E-state index in [0.29, 0.717) is 0 Å². The Hall–Kier alpha value is -0.830. The topological polar surface area (TPSA) is 46.5 Å². The van der Waals surface area contributed by atoms with Gasteiger partial charge >= 0.3 is 0 Å². The molecule has 0 radical (unpaired) electrons. The van der Waals surface area contributed by atoms with Crippen molar-refractivity contribution in [3.05, 3.63) is 12.3 Å². The van der Waals surface area contributed by atoms with Crippen LogP contribution in [0.25, 0.3) is 0 Å². The van der Waals surface area contributed by atoms with E-state index in [1.807, 2.05) is 0 Å². The lowest BCUT2D eigenvalue weighted by Gasteiger charge is -1.98. The van der Waals surface area contributed by atoms with Gasteiger partial charge in [-0.15, -0.1) is 0 Å². The van der Waals surface area contributed by atoms with E-state index in [0.717, 1.165) is 0 Å². The Kier molecular flexibility index (Phi) is 3.71. The van der Waals surface area contributed by atoms with E-state index in [1.165, 1.54) is 7.11 Å². The fraction of sp³-hybridized carbons (Fsp3) is 0.500. The van der Waals surface area contributed by atoms with Gasteiger partial charge in [0.15, 0.2) is 11.5 Å². The predicted octanol–water partition coefficient (Wildman–Crippen LogP) is 0.0980. The van der Waals surface area contributed by atoms with Crippen LogP contribution in [0.3, 0.4) is 0 Å². The number of methoxy groups -OCH3 is 1. The van der Waals surface area contributed by atoms with Crippen molar-refractivity contribution < 1.29 is 14.6 Å². The maximum absolute atomic E-state index is 10.6. The minimum atomic E-state index is -0.250. The third-order valence-corrected chi connectivity index (χ3v) is 0.896. The predicted molar refractivity (Wildman–Crippen MR) is 32.9 cm³/mol. The van der Waals surface area contributed by atoms with Gasteiger partial charge in [0.2, 0.25) is 0 Å². The summed E-state index contributed by atoms with van der Waals surface area (Å²) in [6, 6.07) is 0. The van der Waals surface area contributed by atoms with Gasteiger partial charge in [-0.25, -0.2) is 0 Å². The summed E-state index contributed by atoms with van der Waals surface area (Å²) in [6.45, 7) is 3.16. The molecule has 0 aliphatic carbocycles. The van der Waals surface area contributed by atoms with Crippen molar-refractivity contribution in [2.75, 3.05) is 13.7 Å². The molecule has 0 spiro atoms. The van der Waals surface area contributed by atoms with Crippen molar-refractivity contribution in [2.45, 2.75) is 6.42 Å². The Labute approximate surface area is 53.9 Å². The molecule has 0 aliphatic heterocycles. The van der Waals surface area contributed by atoms with E-state index >= 15 is 0 Å². The number of hydrogen-bond acceptors (Lipinski definition) is 3. The molecule has 0 saturated heterocycles. The number of allylic oxidation sites excluding steroid dienone is 1. The Morgan fingerprint density at radius 2 is 2.33 bits per heavy atom. The standard InChI is InChI=1S/C6H10O3/c1-5(9-2)6(8)3-4-7/h7H,1,3-4H2,2H3. The first-order chi connectivity index (χ1) is 4.22. The number of rotatable bonds is 4. The number of Topliss-reactive ketones (excluding diaryl/α,β-unsaturated/α-hetero) is 1. The normalized spacial score (nSPS) is 8.67. The molecule has 9 heavy (non-hydrogen) atoms. The van der Waals surface area contributed by atoms with Crippen molar-refractivity contribution >= 4 is 5.78 Å². The molecule has 0 aromatic carbocycles. The fourth-order valence-corrected chi connectivity index (χ4v) is 0.355. The Morgan fingerprint density at radius 3 is 2.67 bits per heavy atom. The molecule has 0 saturated carbocycles. The van der Waals surface area contributed by atoms with Crippen LogP contribution in [-0.4, -0.2) is 24.6 Å². The van der Waals surface area contributed by atoms with E-state index in [9.17, 15) is 4.79 Å². The Morgan fingerprint density at radius 1 is 1.78 bits per heavy atom. The summed E-state index contributed by atoms with van der Waals surface area (Å²) in [5.74, 6) is -0.149. The number of aliphatic hydroxyl groups is 1. The van der Waals surface area contributed by atoms with Gasteiger partial charge in [0, 0.05) is 6.42 Å². The van der Waals surface area contributed by atoms with E-state index in [2.05, 4.69) is 11.3 Å². The molecule has 52 valence electrons. The number of aliphatic hydroxyl groups excluding tert-OH is 1. The fourth-order valence-electron chi connectivity index (χ4n) is 0.355. The highest BCUT2D eigenvalue weighted by molar-refractivity contribution is 5.92. The van der Waals surface area contributed by atoms with Gasteiger partial charge in [0.05, 0.1) is 13.7 Å². The first-order valence-corrected chi connectivity index (χ1v) is 2.59. The maximum Gasteiger partial charge on any atom is 0.199 e. The molecule has 0 fully saturated rings. The largest absolute Gasteiger partial charge is 0.494 e. The molecular weight excluding hydrogens is 120 g/mol. The summed E-state index contributed by atoms with van der Waals surface area (Å²) < 4.78 is 4.51. The second kappa shape index (κ2) is 4.09. The molecular formula is C6H10O3. The second-order valence-corrected chi connectivity index (χ2v) is 1.52. The number of ketones is 1. The van der Waals surface area contributed by atoms with Gasteiger partial charge in [-0.2, -0.15) is 0 Å². The summed E-state index contributed by atoms with van der Waals surface area (Å²) in [4.78, 5) is 10.6. The number of hydrogen-bond donors (Lipinski definition) is 1. The molecule has 3 nitrogen and oxygen atoms in total. The molecule has 0 aliphatic rings. The minimum absolute atomic E-state index is 0.0900. The third kappa shape index (κ3) is 2.87. The number of ether oxygens (including phenoxy) is 1. The number of carbonyl (C=O) groups excluding carboxylic acids is 1. The summed E-state index contributed by atoms with van der Waals surface area (Å²) in [6.07, 6.45) is 0.0900. The highest BCUT2D eigenvalue weighted by Gasteiger charge is 2.03. The Bertz CT molecular complexity index is 117. The quantitative estimate of drug-likeness (QED) is 0.433. The monoisotopic (exact) mass is 130 g/mol. The van der Waals surface area contributed by atoms with Crippen molar-refractivity contribution in [1.29, 1.82) is 0 Å². The van der Waals surface area contributed by atoms with Crippen LogP contribution in [0.5, 0.6) is 0 Å². The zero-order valence-corrected chi connectivity index (χ0v) is 5.39. The van der Waals surface area contributed by atoms with Gasteiger partial charge in [-0.05, 0) is 0 Å². The SMILES string of the molecule is C=C(OC)C(=O)CCO. The maximum atomic E-state index is 10.6. The average Bonchev–Trinajstić information content (AvgIpc) is 1.87. The van der Waals surface area contributed by atoms with Crippen molar-refractivity contribution in [2.24, 2.45) is 0 Å². The molecule has 0 rings (SSSR count). The second-order valence-electron chi connectivity index (χ2n) is 1.52. The molecule has 0 unspecified atom stereocenters. The first-order valence-electron chi connectivity index (χ1n) is 2.59. The van der Waals surface area contributed by atoms with E-state index < -0.39 is 0 Å². The van der Waals surface area contributed by atoms with Crippen LogP contribution in [-0.2, 0) is 9.53 Å². The van der Waals surface area contributed by atoms with Crippen LogP contribution in [0, 0.1) is 0 Å². The molecule has 1 N–H and O–H groups in total. The highest BCUT2D eigenvalue weighted by atomic mass is 16.5. The van der Waals surface area contributed by atoms with Gasteiger partial charge < -0.3 is 9.84 Å². The van der Waals surface area contributed by atoms with E-state index in [4.69, 9.17) is 5.11 Å². The molecule has 0 heterocycles. The van der Waals surface area contributed by atoms with Crippen LogP contribution in [0.2, 0.25) is 0 Å². The zero-order valence-electron chi connectivity index (χ0n) is 5.39. The van der Waals surface area contributed by atoms with Crippen LogP contribution in [0.15, 0.2) is 12.3 Å². The molecule has 0 aromatic rings. The molecule has 0 bridgehead atoms. The first kappa shape index (κ1) is 8.17. The van der Waals surface area contributed by atoms with Crippen molar-refractivity contribution in [3.8, 4) is 0 Å². The lowest BCUT2D eigenvalue weighted by molar-refractivity contribution is -0.119. The molecule has 3 heteroatoms. The van der Waals surface area contributed by atoms with Gasteiger partial charge in [-0.3, -0.25) is 4.79 Å². The van der Waals surface area contributed by atoms with E-state index in [-0.39, 0.29) is 24.6 Å². The lowest BCUT2D eigenvalue weighted by atomic mass is 10.3. The van der Waals surface area contributed by atoms with Crippen LogP contribution < -0.4 is 0 Å².